The van der Waals surface area contributed by atoms with E-state index in [4.69, 9.17) is 9.15 Å². The van der Waals surface area contributed by atoms with Crippen molar-refractivity contribution < 1.29 is 23.8 Å². The van der Waals surface area contributed by atoms with Gasteiger partial charge in [0.2, 0.25) is 5.89 Å². The van der Waals surface area contributed by atoms with E-state index in [1.807, 2.05) is 80.6 Å². The van der Waals surface area contributed by atoms with E-state index in [9.17, 15) is 14.7 Å². The number of carboxylic acids is 1. The van der Waals surface area contributed by atoms with E-state index in [1.165, 1.54) is 6.08 Å². The number of rotatable bonds is 14. The van der Waals surface area contributed by atoms with Gasteiger partial charge in [-0.2, -0.15) is 0 Å². The Hall–Kier alpha value is -4.97. The highest BCUT2D eigenvalue weighted by molar-refractivity contribution is 6.11. The van der Waals surface area contributed by atoms with Crippen LogP contribution in [-0.4, -0.2) is 28.4 Å². The van der Waals surface area contributed by atoms with Crippen LogP contribution in [0.1, 0.15) is 40.7 Å². The predicted octanol–water partition coefficient (Wildman–Crippen LogP) is 7.85. The molecule has 1 N–H and O–H groups in total. The molecule has 0 saturated carbocycles. The number of hydrogen-bond acceptors (Lipinski definition) is 5. The molecule has 0 amide bonds. The van der Waals surface area contributed by atoms with Gasteiger partial charge in [-0.15, -0.1) is 0 Å². The molecule has 4 rings (SSSR count). The zero-order valence-electron chi connectivity index (χ0n) is 24.0. The van der Waals surface area contributed by atoms with Gasteiger partial charge in [0.25, 0.3) is 0 Å². The lowest BCUT2D eigenvalue weighted by Gasteiger charge is -2.16. The number of ketones is 1. The maximum atomic E-state index is 13.2. The highest BCUT2D eigenvalue weighted by Gasteiger charge is 2.22. The minimum Gasteiger partial charge on any atom is -0.493 e. The molecule has 0 saturated heterocycles. The van der Waals surface area contributed by atoms with Crippen molar-refractivity contribution in [2.75, 3.05) is 6.61 Å². The number of carbonyl (C=O) groups excluding carboxylic acids is 1. The zero-order valence-corrected chi connectivity index (χ0v) is 24.0. The number of aliphatic carboxylic acids is 1. The third-order valence-corrected chi connectivity index (χ3v) is 6.94. The van der Waals surface area contributed by atoms with E-state index < -0.39 is 11.9 Å². The van der Waals surface area contributed by atoms with Crippen LogP contribution in [-0.2, 0) is 17.6 Å². The second-order valence-corrected chi connectivity index (χ2v) is 9.91. The fourth-order valence-corrected chi connectivity index (χ4v) is 4.73. The van der Waals surface area contributed by atoms with Crippen molar-refractivity contribution in [2.24, 2.45) is 5.92 Å². The molecule has 0 aliphatic heterocycles. The van der Waals surface area contributed by atoms with Crippen molar-refractivity contribution in [3.05, 3.63) is 143 Å². The molecule has 0 radical (unpaired) electrons. The Morgan fingerprint density at radius 3 is 2.29 bits per heavy atom. The predicted molar refractivity (Wildman–Crippen MR) is 165 cm³/mol. The van der Waals surface area contributed by atoms with Crippen molar-refractivity contribution in [3.8, 4) is 17.2 Å². The molecule has 6 nitrogen and oxygen atoms in total. The Morgan fingerprint density at radius 2 is 1.67 bits per heavy atom. The maximum Gasteiger partial charge on any atom is 0.307 e. The van der Waals surface area contributed by atoms with Gasteiger partial charge in [0, 0.05) is 23.1 Å². The summed E-state index contributed by atoms with van der Waals surface area (Å²) in [4.78, 5) is 30.0. The van der Waals surface area contributed by atoms with Gasteiger partial charge in [-0.05, 0) is 62.1 Å². The fraction of sp³-hybridized carbons (Fsp3) is 0.194. The van der Waals surface area contributed by atoms with Crippen molar-refractivity contribution in [2.45, 2.75) is 33.1 Å². The molecule has 4 aromatic rings. The zero-order chi connectivity index (χ0) is 29.9. The summed E-state index contributed by atoms with van der Waals surface area (Å²) in [5, 5.41) is 10.0. The maximum absolute atomic E-state index is 13.2. The SMILES string of the molecule is C=C/C(C(=O)c1ccccc1)=C(\C=C/C)C[C@@H](Cc1ccc(OCCc2nc(-c3ccccc3)oc2C)cc1)C(=O)O. The van der Waals surface area contributed by atoms with E-state index in [0.717, 1.165) is 22.6 Å². The Morgan fingerprint density at radius 1 is 1.00 bits per heavy atom. The van der Waals surface area contributed by atoms with E-state index in [0.29, 0.717) is 47.8 Å². The van der Waals surface area contributed by atoms with Gasteiger partial charge < -0.3 is 14.3 Å². The van der Waals surface area contributed by atoms with E-state index >= 15 is 0 Å². The van der Waals surface area contributed by atoms with Crippen LogP contribution in [0.2, 0.25) is 0 Å². The van der Waals surface area contributed by atoms with Crippen LogP contribution in [0.3, 0.4) is 0 Å². The number of oxazole rings is 1. The monoisotopic (exact) mass is 561 g/mol. The number of aromatic nitrogens is 1. The highest BCUT2D eigenvalue weighted by Crippen LogP contribution is 2.26. The number of benzene rings is 3. The summed E-state index contributed by atoms with van der Waals surface area (Å²) in [6.45, 7) is 8.00. The normalized spacial score (nSPS) is 12.5. The van der Waals surface area contributed by atoms with Gasteiger partial charge in [-0.1, -0.05) is 85.5 Å². The highest BCUT2D eigenvalue weighted by atomic mass is 16.5. The van der Waals surface area contributed by atoms with Crippen LogP contribution in [0, 0.1) is 12.8 Å². The topological polar surface area (TPSA) is 89.6 Å². The molecule has 0 aliphatic carbocycles. The summed E-state index contributed by atoms with van der Waals surface area (Å²) in [6.07, 6.45) is 6.22. The average Bonchev–Trinajstić information content (AvgIpc) is 3.38. The summed E-state index contributed by atoms with van der Waals surface area (Å²) < 4.78 is 11.8. The molecular weight excluding hydrogens is 526 g/mol. The third-order valence-electron chi connectivity index (χ3n) is 6.94. The molecule has 6 heteroatoms. The molecule has 0 bridgehead atoms. The summed E-state index contributed by atoms with van der Waals surface area (Å²) in [7, 11) is 0. The van der Waals surface area contributed by atoms with Crippen molar-refractivity contribution >= 4 is 11.8 Å². The van der Waals surface area contributed by atoms with Crippen LogP contribution in [0.25, 0.3) is 11.5 Å². The number of carbonyl (C=O) groups is 2. The number of hydrogen-bond donors (Lipinski definition) is 1. The molecule has 1 aromatic heterocycles. The fourth-order valence-electron chi connectivity index (χ4n) is 4.73. The number of ether oxygens (including phenoxy) is 1. The molecule has 42 heavy (non-hydrogen) atoms. The van der Waals surface area contributed by atoms with Crippen LogP contribution < -0.4 is 4.74 Å². The minimum absolute atomic E-state index is 0.179. The smallest absolute Gasteiger partial charge is 0.307 e. The molecular formula is C36H35NO5. The van der Waals surface area contributed by atoms with E-state index in [2.05, 4.69) is 11.6 Å². The molecule has 0 fully saturated rings. The Labute approximate surface area is 246 Å². The van der Waals surface area contributed by atoms with Crippen molar-refractivity contribution in [1.29, 1.82) is 0 Å². The summed E-state index contributed by atoms with van der Waals surface area (Å²) >= 11 is 0. The first-order valence-electron chi connectivity index (χ1n) is 13.9. The number of carboxylic acid groups (broad SMARTS) is 1. The molecule has 0 spiro atoms. The Bertz CT molecular complexity index is 1560. The number of aryl methyl sites for hydroxylation is 1. The number of allylic oxidation sites excluding steroid dienone is 5. The summed E-state index contributed by atoms with van der Waals surface area (Å²) in [6, 6.07) is 26.1. The van der Waals surface area contributed by atoms with Gasteiger partial charge in [-0.3, -0.25) is 9.59 Å². The minimum atomic E-state index is -0.925. The molecule has 1 heterocycles. The van der Waals surface area contributed by atoms with Crippen molar-refractivity contribution in [3.63, 3.8) is 0 Å². The first-order valence-corrected chi connectivity index (χ1v) is 13.9. The van der Waals surface area contributed by atoms with Gasteiger partial charge in [-0.25, -0.2) is 4.98 Å². The van der Waals surface area contributed by atoms with Crippen LogP contribution in [0.5, 0.6) is 5.75 Å². The molecule has 0 unspecified atom stereocenters. The Kier molecular flexibility index (Phi) is 10.4. The molecule has 1 atom stereocenters. The van der Waals surface area contributed by atoms with Crippen LogP contribution in [0.4, 0.5) is 0 Å². The number of Topliss-reactive ketones (excluding diaryl/α,β-unsaturated/α-hetero) is 1. The first kappa shape index (κ1) is 30.0. The van der Waals surface area contributed by atoms with Gasteiger partial charge in [0.05, 0.1) is 18.2 Å². The van der Waals surface area contributed by atoms with Crippen molar-refractivity contribution in [1.82, 2.24) is 4.98 Å². The lowest BCUT2D eigenvalue weighted by Crippen LogP contribution is -2.18. The van der Waals surface area contributed by atoms with E-state index in [-0.39, 0.29) is 12.2 Å². The second kappa shape index (κ2) is 14.6. The quantitative estimate of drug-likeness (QED) is 0.0958. The average molecular weight is 562 g/mol. The van der Waals surface area contributed by atoms with Crippen LogP contribution >= 0.6 is 0 Å². The van der Waals surface area contributed by atoms with Gasteiger partial charge >= 0.3 is 5.97 Å². The largest absolute Gasteiger partial charge is 0.493 e. The van der Waals surface area contributed by atoms with E-state index in [1.54, 1.807) is 30.3 Å². The lowest BCUT2D eigenvalue weighted by atomic mass is 9.88. The summed E-state index contributed by atoms with van der Waals surface area (Å²) in [5.74, 6) is 0.219. The molecule has 0 aliphatic rings. The van der Waals surface area contributed by atoms with Crippen LogP contribution in [0.15, 0.2) is 125 Å². The van der Waals surface area contributed by atoms with Gasteiger partial charge in [0.15, 0.2) is 5.78 Å². The third kappa shape index (κ3) is 7.82. The molecule has 3 aromatic carbocycles. The second-order valence-electron chi connectivity index (χ2n) is 9.91. The molecule has 214 valence electrons. The van der Waals surface area contributed by atoms with Gasteiger partial charge in [0.1, 0.15) is 11.5 Å². The number of nitrogens with zero attached hydrogens (tertiary/aromatic N) is 1. The summed E-state index contributed by atoms with van der Waals surface area (Å²) in [5.41, 5.74) is 4.24. The first-order chi connectivity index (χ1) is 20.4. The Balaban J connectivity index is 1.39. The lowest BCUT2D eigenvalue weighted by molar-refractivity contribution is -0.141. The standard InChI is InChI=1S/C36H35NO5/c1-4-12-29(32(5-2)34(38)27-13-8-6-9-14-27)24-30(36(39)40)23-26-17-19-31(20-18-26)41-22-21-33-25(3)42-35(37-33)28-15-10-7-11-16-28/h4-20,30H,2,21-24H2,1,3H3,(H,39,40)/b12-4-,32-29-/t30-/m1/s1.